The number of pyridine rings is 1. The first-order valence-corrected chi connectivity index (χ1v) is 9.17. The van der Waals surface area contributed by atoms with E-state index in [-0.39, 0.29) is 6.61 Å². The number of anilines is 2. The maximum Gasteiger partial charge on any atom is 0.162 e. The quantitative estimate of drug-likeness (QED) is 0.467. The zero-order chi connectivity index (χ0) is 20.4. The van der Waals surface area contributed by atoms with Crippen LogP contribution in [0.15, 0.2) is 54.6 Å². The predicted octanol–water partition coefficient (Wildman–Crippen LogP) is 4.65. The molecule has 0 saturated carbocycles. The van der Waals surface area contributed by atoms with E-state index in [2.05, 4.69) is 5.32 Å². The van der Waals surface area contributed by atoms with Crippen molar-refractivity contribution >= 4 is 33.2 Å². The molecule has 3 aromatic carbocycles. The lowest BCUT2D eigenvalue weighted by Gasteiger charge is -2.16. The van der Waals surface area contributed by atoms with Crippen LogP contribution in [0.2, 0.25) is 0 Å². The summed E-state index contributed by atoms with van der Waals surface area (Å²) >= 11 is 0. The molecule has 0 aliphatic heterocycles. The molecule has 148 valence electrons. The number of nitrogens with zero attached hydrogens (tertiary/aromatic N) is 1. The van der Waals surface area contributed by atoms with Crippen LogP contribution in [-0.2, 0) is 6.61 Å². The van der Waals surface area contributed by atoms with Crippen LogP contribution in [0.4, 0.5) is 11.4 Å². The Kier molecular flexibility index (Phi) is 5.10. The Morgan fingerprint density at radius 3 is 2.14 bits per heavy atom. The molecule has 4 rings (SSSR count). The third-order valence-corrected chi connectivity index (χ3v) is 4.89. The fourth-order valence-corrected chi connectivity index (χ4v) is 3.35. The van der Waals surface area contributed by atoms with Crippen molar-refractivity contribution < 1.29 is 19.3 Å². The van der Waals surface area contributed by atoms with Gasteiger partial charge in [0.2, 0.25) is 0 Å². The maximum atomic E-state index is 9.29. The van der Waals surface area contributed by atoms with Gasteiger partial charge in [0.15, 0.2) is 11.5 Å². The highest BCUT2D eigenvalue weighted by Gasteiger charge is 2.15. The number of aliphatic hydroxyl groups is 1. The van der Waals surface area contributed by atoms with E-state index >= 15 is 0 Å². The number of hydrogen-bond acceptors (Lipinski definition) is 6. The number of nitrogens with one attached hydrogen (secondary N) is 1. The van der Waals surface area contributed by atoms with Crippen LogP contribution in [-0.4, -0.2) is 31.4 Å². The highest BCUT2D eigenvalue weighted by molar-refractivity contribution is 6.09. The molecule has 4 aromatic rings. The molecule has 1 aromatic heterocycles. The van der Waals surface area contributed by atoms with Gasteiger partial charge in [-0.2, -0.15) is 0 Å². The van der Waals surface area contributed by atoms with Gasteiger partial charge in [0, 0.05) is 28.6 Å². The van der Waals surface area contributed by atoms with Gasteiger partial charge < -0.3 is 24.6 Å². The van der Waals surface area contributed by atoms with Gasteiger partial charge in [0.05, 0.1) is 44.7 Å². The molecule has 0 atom stereocenters. The number of rotatable bonds is 6. The van der Waals surface area contributed by atoms with Crippen LogP contribution in [0.25, 0.3) is 21.8 Å². The zero-order valence-corrected chi connectivity index (χ0v) is 16.5. The lowest BCUT2D eigenvalue weighted by Crippen LogP contribution is -1.98. The average Bonchev–Trinajstić information content (AvgIpc) is 2.78. The highest BCUT2D eigenvalue weighted by atomic mass is 16.5. The third-order valence-electron chi connectivity index (χ3n) is 4.89. The molecule has 0 aliphatic carbocycles. The molecular formula is C23H22N2O4. The molecule has 0 aliphatic rings. The van der Waals surface area contributed by atoms with Gasteiger partial charge in [-0.25, -0.2) is 4.98 Å². The molecule has 2 N–H and O–H groups in total. The van der Waals surface area contributed by atoms with Gasteiger partial charge in [0.25, 0.3) is 0 Å². The number of methoxy groups -OCH3 is 3. The summed E-state index contributed by atoms with van der Waals surface area (Å²) in [6.45, 7) is 0.0121. The summed E-state index contributed by atoms with van der Waals surface area (Å²) in [5, 5.41) is 14.7. The fourth-order valence-electron chi connectivity index (χ4n) is 3.35. The van der Waals surface area contributed by atoms with Crippen molar-refractivity contribution in [2.75, 3.05) is 26.6 Å². The summed E-state index contributed by atoms with van der Waals surface area (Å²) < 4.78 is 16.3. The second-order valence-corrected chi connectivity index (χ2v) is 6.57. The van der Waals surface area contributed by atoms with Gasteiger partial charge >= 0.3 is 0 Å². The van der Waals surface area contributed by atoms with E-state index in [1.165, 1.54) is 0 Å². The van der Waals surface area contributed by atoms with E-state index in [4.69, 9.17) is 19.2 Å². The number of aromatic nitrogens is 1. The molecule has 6 heteroatoms. The van der Waals surface area contributed by atoms with Gasteiger partial charge in [0.1, 0.15) is 5.75 Å². The van der Waals surface area contributed by atoms with Crippen molar-refractivity contribution in [3.05, 3.63) is 60.2 Å². The Hall–Kier alpha value is -3.51. The van der Waals surface area contributed by atoms with Crippen LogP contribution < -0.4 is 19.5 Å². The van der Waals surface area contributed by atoms with Crippen LogP contribution in [0.3, 0.4) is 0 Å². The molecule has 0 saturated heterocycles. The molecule has 0 unspecified atom stereocenters. The minimum atomic E-state index is 0.0121. The highest BCUT2D eigenvalue weighted by Crippen LogP contribution is 2.39. The van der Waals surface area contributed by atoms with Crippen molar-refractivity contribution in [3.8, 4) is 17.2 Å². The maximum absolute atomic E-state index is 9.29. The van der Waals surface area contributed by atoms with Gasteiger partial charge in [-0.1, -0.05) is 12.1 Å². The Morgan fingerprint density at radius 2 is 1.48 bits per heavy atom. The minimum Gasteiger partial charge on any atom is -0.497 e. The second-order valence-electron chi connectivity index (χ2n) is 6.57. The number of fused-ring (bicyclic) bond motifs is 2. The average molecular weight is 390 g/mol. The van der Waals surface area contributed by atoms with E-state index < -0.39 is 0 Å². The van der Waals surface area contributed by atoms with Crippen LogP contribution >= 0.6 is 0 Å². The van der Waals surface area contributed by atoms with Crippen molar-refractivity contribution in [3.63, 3.8) is 0 Å². The summed E-state index contributed by atoms with van der Waals surface area (Å²) in [5.41, 5.74) is 4.25. The first-order valence-electron chi connectivity index (χ1n) is 9.17. The van der Waals surface area contributed by atoms with Crippen LogP contribution in [0.5, 0.6) is 17.2 Å². The minimum absolute atomic E-state index is 0.0121. The lowest BCUT2D eigenvalue weighted by molar-refractivity contribution is 0.282. The van der Waals surface area contributed by atoms with Crippen molar-refractivity contribution in [1.29, 1.82) is 0 Å². The van der Waals surface area contributed by atoms with Crippen molar-refractivity contribution in [1.82, 2.24) is 4.98 Å². The smallest absolute Gasteiger partial charge is 0.162 e. The molecule has 6 nitrogen and oxygen atoms in total. The molecule has 0 radical (unpaired) electrons. The summed E-state index contributed by atoms with van der Waals surface area (Å²) in [6.07, 6.45) is 0. The standard InChI is InChI=1S/C23H22N2O4/c1-27-16-8-9-17-19(10-16)25-20-12-22(29-3)21(28-2)11-18(20)23(17)24-15-6-4-14(13-26)5-7-15/h4-12,26H,13H2,1-3H3,(H,24,25). The topological polar surface area (TPSA) is 72.8 Å². The van der Waals surface area contributed by atoms with Gasteiger partial charge in [-0.15, -0.1) is 0 Å². The van der Waals surface area contributed by atoms with Crippen molar-refractivity contribution in [2.45, 2.75) is 6.61 Å². The van der Waals surface area contributed by atoms with Gasteiger partial charge in [-0.05, 0) is 35.9 Å². The lowest BCUT2D eigenvalue weighted by atomic mass is 10.1. The Labute approximate surface area is 168 Å². The number of hydrogen-bond donors (Lipinski definition) is 2. The van der Waals surface area contributed by atoms with E-state index in [0.717, 1.165) is 44.5 Å². The summed E-state index contributed by atoms with van der Waals surface area (Å²) in [7, 11) is 4.86. The molecule has 0 fully saturated rings. The Morgan fingerprint density at radius 1 is 0.793 bits per heavy atom. The largest absolute Gasteiger partial charge is 0.497 e. The number of aliphatic hydroxyl groups excluding tert-OH is 1. The Bertz CT molecular complexity index is 1170. The molecule has 29 heavy (non-hydrogen) atoms. The first-order chi connectivity index (χ1) is 14.2. The predicted molar refractivity (Wildman–Crippen MR) is 115 cm³/mol. The van der Waals surface area contributed by atoms with Crippen LogP contribution in [0, 0.1) is 0 Å². The molecule has 0 spiro atoms. The zero-order valence-electron chi connectivity index (χ0n) is 16.5. The summed E-state index contributed by atoms with van der Waals surface area (Å²) in [6, 6.07) is 17.3. The molecule has 0 amide bonds. The number of ether oxygens (including phenoxy) is 3. The van der Waals surface area contributed by atoms with Crippen LogP contribution in [0.1, 0.15) is 5.56 Å². The van der Waals surface area contributed by atoms with E-state index in [0.29, 0.717) is 11.5 Å². The fraction of sp³-hybridized carbons (Fsp3) is 0.174. The monoisotopic (exact) mass is 390 g/mol. The number of benzene rings is 3. The molecule has 1 heterocycles. The van der Waals surface area contributed by atoms with E-state index in [1.54, 1.807) is 21.3 Å². The molecule has 0 bridgehead atoms. The SMILES string of the molecule is COc1ccc2c(Nc3ccc(CO)cc3)c3cc(OC)c(OC)cc3nc2c1. The summed E-state index contributed by atoms with van der Waals surface area (Å²) in [4.78, 5) is 4.81. The van der Waals surface area contributed by atoms with E-state index in [9.17, 15) is 5.11 Å². The first kappa shape index (κ1) is 18.8. The molecular weight excluding hydrogens is 368 g/mol. The summed E-state index contributed by atoms with van der Waals surface area (Å²) in [5.74, 6) is 1.99. The normalized spacial score (nSPS) is 10.9. The van der Waals surface area contributed by atoms with E-state index in [1.807, 2.05) is 54.6 Å². The Balaban J connectivity index is 1.97. The third kappa shape index (κ3) is 3.50. The van der Waals surface area contributed by atoms with Crippen molar-refractivity contribution in [2.24, 2.45) is 0 Å². The van der Waals surface area contributed by atoms with Gasteiger partial charge in [-0.3, -0.25) is 0 Å². The second kappa shape index (κ2) is 7.85.